The zero-order valence-electron chi connectivity index (χ0n) is 17.3. The van der Waals surface area contributed by atoms with Crippen molar-refractivity contribution in [1.29, 1.82) is 0 Å². The topological polar surface area (TPSA) is 95.6 Å². The lowest BCUT2D eigenvalue weighted by molar-refractivity contribution is -0.142. The van der Waals surface area contributed by atoms with Gasteiger partial charge in [0.25, 0.3) is 0 Å². The summed E-state index contributed by atoms with van der Waals surface area (Å²) in [6.07, 6.45) is -6.36. The van der Waals surface area contributed by atoms with Gasteiger partial charge < -0.3 is 4.57 Å². The molecule has 34 heavy (non-hydrogen) atoms. The van der Waals surface area contributed by atoms with Gasteiger partial charge in [0.1, 0.15) is 11.4 Å². The standard InChI is InChI=1S/C19H14F6N6O2S/c1-3-34(32,33)13-6-10(31-5-4-14(29-31)18(20,21)22)8-27-16(13)17-28-11-7-15(19(23,24)25)26-9-12(11)30(17)2/h4-9H,3H2,1-2H3. The van der Waals surface area contributed by atoms with Gasteiger partial charge in [0.05, 0.1) is 39.8 Å². The molecule has 4 heterocycles. The Bertz CT molecular complexity index is 1500. The summed E-state index contributed by atoms with van der Waals surface area (Å²) in [4.78, 5) is 11.2. The van der Waals surface area contributed by atoms with Gasteiger partial charge in [-0.1, -0.05) is 6.92 Å². The van der Waals surface area contributed by atoms with Crippen LogP contribution < -0.4 is 0 Å². The van der Waals surface area contributed by atoms with Crippen LogP contribution in [0.15, 0.2) is 41.7 Å². The van der Waals surface area contributed by atoms with E-state index in [1.54, 1.807) is 0 Å². The largest absolute Gasteiger partial charge is 0.435 e. The second-order valence-electron chi connectivity index (χ2n) is 7.14. The minimum atomic E-state index is -4.71. The summed E-state index contributed by atoms with van der Waals surface area (Å²) < 4.78 is 106. The van der Waals surface area contributed by atoms with Crippen molar-refractivity contribution >= 4 is 20.9 Å². The van der Waals surface area contributed by atoms with E-state index in [9.17, 15) is 34.8 Å². The zero-order valence-corrected chi connectivity index (χ0v) is 18.2. The monoisotopic (exact) mass is 504 g/mol. The van der Waals surface area contributed by atoms with Crippen LogP contribution in [0.2, 0.25) is 0 Å². The van der Waals surface area contributed by atoms with Gasteiger partial charge in [-0.2, -0.15) is 31.4 Å². The number of aryl methyl sites for hydroxylation is 1. The zero-order chi connectivity index (χ0) is 25.1. The first kappa shape index (κ1) is 23.7. The molecule has 4 rings (SSSR count). The predicted octanol–water partition coefficient (Wildman–Crippen LogP) is 4.05. The molecular formula is C19H14F6N6O2S. The summed E-state index contributed by atoms with van der Waals surface area (Å²) in [6.45, 7) is 1.36. The Balaban J connectivity index is 1.91. The third-order valence-corrected chi connectivity index (χ3v) is 6.71. The molecule has 0 atom stereocenters. The quantitative estimate of drug-likeness (QED) is 0.389. The number of alkyl halides is 6. The number of imidazole rings is 1. The van der Waals surface area contributed by atoms with Gasteiger partial charge in [0.15, 0.2) is 21.4 Å². The summed E-state index contributed by atoms with van der Waals surface area (Å²) >= 11 is 0. The first-order valence-corrected chi connectivity index (χ1v) is 11.1. The van der Waals surface area contributed by atoms with Crippen LogP contribution in [0, 0.1) is 0 Å². The van der Waals surface area contributed by atoms with Crippen molar-refractivity contribution in [3.05, 3.63) is 48.2 Å². The number of halogens is 6. The van der Waals surface area contributed by atoms with Gasteiger partial charge in [0, 0.05) is 13.2 Å². The highest BCUT2D eigenvalue weighted by molar-refractivity contribution is 7.91. The molecule has 180 valence electrons. The second kappa shape index (κ2) is 7.78. The predicted molar refractivity (Wildman–Crippen MR) is 107 cm³/mol. The summed E-state index contributed by atoms with van der Waals surface area (Å²) in [5.41, 5.74) is -2.50. The van der Waals surface area contributed by atoms with Crippen molar-refractivity contribution in [3.63, 3.8) is 0 Å². The molecule has 4 aromatic heterocycles. The molecular weight excluding hydrogens is 490 g/mol. The lowest BCUT2D eigenvalue weighted by Gasteiger charge is -2.11. The highest BCUT2D eigenvalue weighted by atomic mass is 32.2. The van der Waals surface area contributed by atoms with Gasteiger partial charge in [-0.3, -0.25) is 0 Å². The van der Waals surface area contributed by atoms with Crippen molar-refractivity contribution in [2.24, 2.45) is 7.05 Å². The smallest absolute Gasteiger partial charge is 0.324 e. The summed E-state index contributed by atoms with van der Waals surface area (Å²) in [5.74, 6) is -0.437. The molecule has 0 fully saturated rings. The maximum atomic E-state index is 13.0. The molecule has 0 aromatic carbocycles. The Morgan fingerprint density at radius 2 is 1.65 bits per heavy atom. The second-order valence-corrected chi connectivity index (χ2v) is 9.38. The fourth-order valence-corrected chi connectivity index (χ4v) is 4.24. The number of aromatic nitrogens is 6. The minimum absolute atomic E-state index is 0.0638. The van der Waals surface area contributed by atoms with Crippen molar-refractivity contribution < 1.29 is 34.8 Å². The Kier molecular flexibility index (Phi) is 5.42. The summed E-state index contributed by atoms with van der Waals surface area (Å²) in [6, 6.07) is 2.54. The van der Waals surface area contributed by atoms with Crippen LogP contribution in [-0.2, 0) is 29.2 Å². The van der Waals surface area contributed by atoms with E-state index in [1.807, 2.05) is 0 Å². The minimum Gasteiger partial charge on any atom is -0.324 e. The summed E-state index contributed by atoms with van der Waals surface area (Å²) in [5, 5.41) is 3.41. The molecule has 0 saturated carbocycles. The molecule has 0 aliphatic carbocycles. The van der Waals surface area contributed by atoms with Gasteiger partial charge in [0.2, 0.25) is 0 Å². The number of hydrogen-bond acceptors (Lipinski definition) is 6. The molecule has 0 radical (unpaired) electrons. The third kappa shape index (κ3) is 4.10. The van der Waals surface area contributed by atoms with Crippen LogP contribution in [0.3, 0.4) is 0 Å². The number of hydrogen-bond donors (Lipinski definition) is 0. The molecule has 0 N–H and O–H groups in total. The van der Waals surface area contributed by atoms with Gasteiger partial charge in [-0.05, 0) is 18.2 Å². The first-order chi connectivity index (χ1) is 15.7. The van der Waals surface area contributed by atoms with Gasteiger partial charge in [-0.15, -0.1) is 0 Å². The van der Waals surface area contributed by atoms with Crippen LogP contribution in [0.4, 0.5) is 26.3 Å². The molecule has 0 saturated heterocycles. The SMILES string of the molecule is CCS(=O)(=O)c1cc(-n2ccc(C(F)(F)F)n2)cnc1-c1nc2cc(C(F)(F)F)ncc2n1C. The van der Waals surface area contributed by atoms with Gasteiger partial charge in [-0.25, -0.2) is 28.1 Å². The maximum Gasteiger partial charge on any atom is 0.435 e. The molecule has 8 nitrogen and oxygen atoms in total. The fraction of sp³-hybridized carbons (Fsp3) is 0.263. The van der Waals surface area contributed by atoms with Crippen molar-refractivity contribution in [3.8, 4) is 17.2 Å². The van der Waals surface area contributed by atoms with Crippen molar-refractivity contribution in [2.45, 2.75) is 24.2 Å². The maximum absolute atomic E-state index is 13.0. The Labute approximate surface area is 187 Å². The Morgan fingerprint density at radius 3 is 2.24 bits per heavy atom. The van der Waals surface area contributed by atoms with E-state index >= 15 is 0 Å². The molecule has 0 aliphatic heterocycles. The van der Waals surface area contributed by atoms with Crippen LogP contribution in [0.25, 0.3) is 28.2 Å². The van der Waals surface area contributed by atoms with Crippen LogP contribution in [-0.4, -0.2) is 43.5 Å². The highest BCUT2D eigenvalue weighted by Gasteiger charge is 2.35. The Hall–Kier alpha value is -3.49. The van der Waals surface area contributed by atoms with Gasteiger partial charge >= 0.3 is 12.4 Å². The van der Waals surface area contributed by atoms with E-state index in [4.69, 9.17) is 0 Å². The normalized spacial score (nSPS) is 13.1. The van der Waals surface area contributed by atoms with E-state index in [1.165, 1.54) is 18.5 Å². The van der Waals surface area contributed by atoms with Crippen molar-refractivity contribution in [1.82, 2.24) is 29.3 Å². The third-order valence-electron chi connectivity index (χ3n) is 4.97. The van der Waals surface area contributed by atoms with E-state index < -0.39 is 33.6 Å². The summed E-state index contributed by atoms with van der Waals surface area (Å²) in [7, 11) is -2.54. The van der Waals surface area contributed by atoms with Crippen LogP contribution in [0.5, 0.6) is 0 Å². The van der Waals surface area contributed by atoms with E-state index in [2.05, 4.69) is 20.1 Å². The number of rotatable bonds is 4. The average Bonchev–Trinajstić information content (AvgIpc) is 3.38. The molecule has 15 heteroatoms. The fourth-order valence-electron chi connectivity index (χ4n) is 3.19. The highest BCUT2D eigenvalue weighted by Crippen LogP contribution is 2.33. The van der Waals surface area contributed by atoms with E-state index in [-0.39, 0.29) is 38.9 Å². The molecule has 0 bridgehead atoms. The number of nitrogens with zero attached hydrogens (tertiary/aromatic N) is 6. The van der Waals surface area contributed by atoms with Crippen LogP contribution >= 0.6 is 0 Å². The molecule has 0 spiro atoms. The molecule has 4 aromatic rings. The average molecular weight is 504 g/mol. The lowest BCUT2D eigenvalue weighted by atomic mass is 10.3. The number of pyridine rings is 2. The van der Waals surface area contributed by atoms with E-state index in [0.717, 1.165) is 41.5 Å². The number of fused-ring (bicyclic) bond motifs is 1. The Morgan fingerprint density at radius 1 is 0.971 bits per heavy atom. The molecule has 0 amide bonds. The molecule has 0 aliphatic rings. The first-order valence-electron chi connectivity index (χ1n) is 9.48. The van der Waals surface area contributed by atoms with Crippen molar-refractivity contribution in [2.75, 3.05) is 5.75 Å². The van der Waals surface area contributed by atoms with Crippen LogP contribution in [0.1, 0.15) is 18.3 Å². The van der Waals surface area contributed by atoms with E-state index in [0.29, 0.717) is 0 Å². The lowest BCUT2D eigenvalue weighted by Crippen LogP contribution is -2.11. The number of sulfone groups is 1. The molecule has 0 unspecified atom stereocenters.